The van der Waals surface area contributed by atoms with E-state index in [1.807, 2.05) is 54.6 Å². The van der Waals surface area contributed by atoms with Gasteiger partial charge >= 0.3 is 11.9 Å². The van der Waals surface area contributed by atoms with Crippen molar-refractivity contribution in [1.82, 2.24) is 9.80 Å². The monoisotopic (exact) mass is 836 g/mol. The molecule has 3 aromatic carbocycles. The van der Waals surface area contributed by atoms with E-state index in [1.54, 1.807) is 37.1 Å². The topological polar surface area (TPSA) is 134 Å². The maximum Gasteiger partial charge on any atom is 0.337 e. The van der Waals surface area contributed by atoms with Crippen LogP contribution in [0.1, 0.15) is 118 Å². The first-order valence-corrected chi connectivity index (χ1v) is 22.1. The number of benzene rings is 3. The number of carbonyl (C=O) groups excluding carboxylic acids is 5. The van der Waals surface area contributed by atoms with E-state index in [1.165, 1.54) is 18.4 Å². The normalized spacial score (nSPS) is 12.2. The van der Waals surface area contributed by atoms with Gasteiger partial charge in [-0.05, 0) is 123 Å². The van der Waals surface area contributed by atoms with E-state index in [0.29, 0.717) is 53.1 Å². The zero-order valence-electron chi connectivity index (χ0n) is 35.8. The van der Waals surface area contributed by atoms with Gasteiger partial charge in [-0.3, -0.25) is 24.1 Å². The lowest BCUT2D eigenvalue weighted by Gasteiger charge is -2.32. The van der Waals surface area contributed by atoms with E-state index in [9.17, 15) is 24.0 Å². The van der Waals surface area contributed by atoms with Crippen molar-refractivity contribution in [1.29, 1.82) is 0 Å². The number of thiophene rings is 1. The van der Waals surface area contributed by atoms with Gasteiger partial charge in [-0.1, -0.05) is 50.2 Å². The summed E-state index contributed by atoms with van der Waals surface area (Å²) in [6, 6.07) is 23.3. The molecule has 60 heavy (non-hydrogen) atoms. The lowest BCUT2D eigenvalue weighted by atomic mass is 9.95. The molecule has 0 unspecified atom stereocenters. The van der Waals surface area contributed by atoms with Gasteiger partial charge in [0.1, 0.15) is 5.00 Å². The van der Waals surface area contributed by atoms with Crippen LogP contribution in [0.4, 0.5) is 10.7 Å². The van der Waals surface area contributed by atoms with E-state index in [2.05, 4.69) is 29.4 Å². The second kappa shape index (κ2) is 22.9. The molecule has 0 radical (unpaired) electrons. The molecule has 12 heteroatoms. The summed E-state index contributed by atoms with van der Waals surface area (Å²) < 4.78 is 9.76. The van der Waals surface area contributed by atoms with Crippen molar-refractivity contribution in [2.75, 3.05) is 51.0 Å². The Morgan fingerprint density at radius 3 is 2.08 bits per heavy atom. The number of likely N-dealkylation sites (N-methyl/N-ethyl adjacent to an activating group) is 1. The SMILES string of the molecule is CCOC(=O)CCC(=O)N(C)CCN(CCc1cccc(C(=O)Nc2sc3c(c2C(=O)Nc2ccc(CCc4ccc(C(=O)OC)cc4)cc2)CCCC3)c1)C(CC)CC. The van der Waals surface area contributed by atoms with Gasteiger partial charge in [0, 0.05) is 55.3 Å². The molecule has 4 aromatic rings. The molecule has 1 aliphatic carbocycles. The third-order valence-electron chi connectivity index (χ3n) is 11.2. The van der Waals surface area contributed by atoms with Crippen molar-refractivity contribution in [3.05, 3.63) is 117 Å². The molecule has 0 saturated carbocycles. The summed E-state index contributed by atoms with van der Waals surface area (Å²) in [5.74, 6) is -1.28. The summed E-state index contributed by atoms with van der Waals surface area (Å²) >= 11 is 1.50. The molecule has 1 aromatic heterocycles. The summed E-state index contributed by atoms with van der Waals surface area (Å²) in [6.45, 7) is 8.40. The summed E-state index contributed by atoms with van der Waals surface area (Å²) in [6.07, 6.45) is 8.22. The molecule has 0 fully saturated rings. The number of hydrogen-bond acceptors (Lipinski definition) is 9. The van der Waals surface area contributed by atoms with Crippen LogP contribution in [0.5, 0.6) is 0 Å². The number of nitrogens with one attached hydrogen (secondary N) is 2. The van der Waals surface area contributed by atoms with Crippen molar-refractivity contribution in [2.45, 2.75) is 97.4 Å². The molecule has 0 spiro atoms. The minimum atomic E-state index is -0.358. The molecule has 11 nitrogen and oxygen atoms in total. The Kier molecular flexibility index (Phi) is 17.4. The molecule has 320 valence electrons. The lowest BCUT2D eigenvalue weighted by molar-refractivity contribution is -0.145. The number of anilines is 2. The van der Waals surface area contributed by atoms with E-state index >= 15 is 0 Å². The van der Waals surface area contributed by atoms with Crippen molar-refractivity contribution in [3.8, 4) is 0 Å². The first kappa shape index (κ1) is 45.7. The van der Waals surface area contributed by atoms with Crippen LogP contribution in [0.2, 0.25) is 0 Å². The Balaban J connectivity index is 1.20. The summed E-state index contributed by atoms with van der Waals surface area (Å²) in [4.78, 5) is 69.3. The molecule has 2 N–H and O–H groups in total. The predicted molar refractivity (Wildman–Crippen MR) is 238 cm³/mol. The number of aryl methyl sites for hydroxylation is 3. The van der Waals surface area contributed by atoms with E-state index in [4.69, 9.17) is 9.47 Å². The Morgan fingerprint density at radius 2 is 1.42 bits per heavy atom. The zero-order valence-corrected chi connectivity index (χ0v) is 36.6. The third kappa shape index (κ3) is 12.8. The molecule has 0 bridgehead atoms. The summed E-state index contributed by atoms with van der Waals surface area (Å²) in [5.41, 5.74) is 6.57. The largest absolute Gasteiger partial charge is 0.466 e. The minimum Gasteiger partial charge on any atom is -0.466 e. The van der Waals surface area contributed by atoms with Crippen LogP contribution in [0, 0.1) is 0 Å². The average molecular weight is 837 g/mol. The molecular formula is C48H60N4O7S. The molecule has 1 aliphatic rings. The van der Waals surface area contributed by atoms with E-state index in [-0.39, 0.29) is 42.5 Å². The molecular weight excluding hydrogens is 777 g/mol. The van der Waals surface area contributed by atoms with Crippen LogP contribution in [0.15, 0.2) is 72.8 Å². The maximum absolute atomic E-state index is 14.0. The number of ether oxygens (including phenoxy) is 2. The highest BCUT2D eigenvalue weighted by molar-refractivity contribution is 7.17. The number of hydrogen-bond donors (Lipinski definition) is 2. The highest BCUT2D eigenvalue weighted by Gasteiger charge is 2.27. The Bertz CT molecular complexity index is 2070. The Hall–Kier alpha value is -5.33. The summed E-state index contributed by atoms with van der Waals surface area (Å²) in [7, 11) is 3.15. The van der Waals surface area contributed by atoms with Gasteiger partial charge in [0.05, 0.1) is 31.3 Å². The van der Waals surface area contributed by atoms with E-state index < -0.39 is 0 Å². The van der Waals surface area contributed by atoms with Crippen molar-refractivity contribution >= 4 is 51.7 Å². The van der Waals surface area contributed by atoms with Crippen LogP contribution in [0.25, 0.3) is 0 Å². The first-order chi connectivity index (χ1) is 29.0. The number of nitrogens with zero attached hydrogens (tertiary/aromatic N) is 2. The van der Waals surface area contributed by atoms with Crippen molar-refractivity contribution < 1.29 is 33.4 Å². The summed E-state index contributed by atoms with van der Waals surface area (Å²) in [5, 5.41) is 6.78. The Labute approximate surface area is 358 Å². The van der Waals surface area contributed by atoms with Crippen LogP contribution in [-0.2, 0) is 51.2 Å². The number of carbonyl (C=O) groups is 5. The van der Waals surface area contributed by atoms with Crippen LogP contribution >= 0.6 is 11.3 Å². The second-order valence-electron chi connectivity index (χ2n) is 15.3. The number of amides is 3. The fourth-order valence-electron chi connectivity index (χ4n) is 7.69. The molecule has 0 saturated heterocycles. The van der Waals surface area contributed by atoms with Gasteiger partial charge in [0.2, 0.25) is 5.91 Å². The Morgan fingerprint density at radius 1 is 0.733 bits per heavy atom. The highest BCUT2D eigenvalue weighted by atomic mass is 32.1. The van der Waals surface area contributed by atoms with Gasteiger partial charge < -0.3 is 25.0 Å². The lowest BCUT2D eigenvalue weighted by Crippen LogP contribution is -2.42. The molecule has 3 amide bonds. The molecule has 1 heterocycles. The van der Waals surface area contributed by atoms with Crippen LogP contribution in [0.3, 0.4) is 0 Å². The van der Waals surface area contributed by atoms with Gasteiger partial charge in [-0.2, -0.15) is 0 Å². The fourth-order valence-corrected chi connectivity index (χ4v) is 8.97. The maximum atomic E-state index is 14.0. The first-order valence-electron chi connectivity index (χ1n) is 21.3. The van der Waals surface area contributed by atoms with Gasteiger partial charge in [0.15, 0.2) is 0 Å². The quantitative estimate of drug-likeness (QED) is 0.0799. The number of fused-ring (bicyclic) bond motifs is 1. The molecule has 5 rings (SSSR count). The standard InChI is InChI=1S/C48H60N4O7S/c1-6-39(7-2)52(31-30-51(4)42(53)26-27-43(54)59-8-3)29-28-35-12-11-13-37(32-35)45(55)50-47-44(40-14-9-10-15-41(40)60-47)46(56)49-38-24-20-34(21-25-38)17-16-33-18-22-36(23-19-33)48(57)58-5/h11-13,18-25,32,39H,6-10,14-17,26-31H2,1-5H3,(H,49,56)(H,50,55). The number of methoxy groups -OCH3 is 1. The third-order valence-corrected chi connectivity index (χ3v) is 12.5. The van der Waals surface area contributed by atoms with Crippen molar-refractivity contribution in [3.63, 3.8) is 0 Å². The van der Waals surface area contributed by atoms with Gasteiger partial charge in [-0.15, -0.1) is 11.3 Å². The van der Waals surface area contributed by atoms with Gasteiger partial charge in [0.25, 0.3) is 11.8 Å². The van der Waals surface area contributed by atoms with Gasteiger partial charge in [-0.25, -0.2) is 4.79 Å². The number of esters is 2. The average Bonchev–Trinajstić information content (AvgIpc) is 3.64. The van der Waals surface area contributed by atoms with E-state index in [0.717, 1.165) is 91.5 Å². The van der Waals surface area contributed by atoms with Crippen molar-refractivity contribution in [2.24, 2.45) is 0 Å². The van der Waals surface area contributed by atoms with Crippen LogP contribution < -0.4 is 10.6 Å². The number of rotatable bonds is 21. The fraction of sp³-hybridized carbons (Fsp3) is 0.438. The zero-order chi connectivity index (χ0) is 43.0. The molecule has 0 atom stereocenters. The second-order valence-corrected chi connectivity index (χ2v) is 16.4. The minimum absolute atomic E-state index is 0.0798. The highest BCUT2D eigenvalue weighted by Crippen LogP contribution is 2.39. The smallest absolute Gasteiger partial charge is 0.337 e. The molecule has 0 aliphatic heterocycles. The predicted octanol–water partition coefficient (Wildman–Crippen LogP) is 8.54. The van der Waals surface area contributed by atoms with Crippen LogP contribution in [-0.4, -0.2) is 85.9 Å².